The first-order chi connectivity index (χ1) is 12.3. The zero-order valence-corrected chi connectivity index (χ0v) is 14.8. The number of hydrogen-bond acceptors (Lipinski definition) is 4. The number of piperidine rings is 1. The molecule has 3 rings (SSSR count). The molecule has 1 aliphatic heterocycles. The highest BCUT2D eigenvalue weighted by Crippen LogP contribution is 2.21. The van der Waals surface area contributed by atoms with Gasteiger partial charge in [0.2, 0.25) is 0 Å². The molecule has 1 amide bonds. The highest BCUT2D eigenvalue weighted by atomic mass is 16.2. The van der Waals surface area contributed by atoms with E-state index in [0.29, 0.717) is 17.6 Å². The van der Waals surface area contributed by atoms with Crippen molar-refractivity contribution < 1.29 is 4.79 Å². The van der Waals surface area contributed by atoms with Crippen molar-refractivity contribution in [3.05, 3.63) is 54.0 Å². The largest absolute Gasteiger partial charge is 0.368 e. The predicted molar refractivity (Wildman–Crippen MR) is 99.6 cm³/mol. The molecule has 25 heavy (non-hydrogen) atoms. The van der Waals surface area contributed by atoms with Crippen molar-refractivity contribution in [2.24, 2.45) is 0 Å². The highest BCUT2D eigenvalue weighted by Gasteiger charge is 2.26. The molecule has 0 spiro atoms. The summed E-state index contributed by atoms with van der Waals surface area (Å²) in [6, 6.07) is 10.7. The van der Waals surface area contributed by atoms with Gasteiger partial charge < -0.3 is 10.2 Å². The lowest BCUT2D eigenvalue weighted by Crippen LogP contribution is -2.43. The Kier molecular flexibility index (Phi) is 5.99. The first kappa shape index (κ1) is 17.4. The van der Waals surface area contributed by atoms with Gasteiger partial charge in [-0.3, -0.25) is 4.79 Å². The Morgan fingerprint density at radius 3 is 2.76 bits per heavy atom. The molecule has 1 aromatic carbocycles. The van der Waals surface area contributed by atoms with E-state index < -0.39 is 0 Å². The van der Waals surface area contributed by atoms with Gasteiger partial charge in [0.15, 0.2) is 0 Å². The van der Waals surface area contributed by atoms with Crippen molar-refractivity contribution in [3.63, 3.8) is 0 Å². The number of carbonyl (C=O) groups is 1. The molecule has 1 atom stereocenters. The van der Waals surface area contributed by atoms with Crippen LogP contribution in [0.15, 0.2) is 42.7 Å². The zero-order chi connectivity index (χ0) is 17.5. The lowest BCUT2D eigenvalue weighted by atomic mass is 10.00. The predicted octanol–water partition coefficient (Wildman–Crippen LogP) is 3.54. The molecule has 5 nitrogen and oxygen atoms in total. The van der Waals surface area contributed by atoms with Crippen LogP contribution in [0.2, 0.25) is 0 Å². The molecular formula is C20H26N4O. The van der Waals surface area contributed by atoms with Gasteiger partial charge in [0.1, 0.15) is 11.5 Å². The second kappa shape index (κ2) is 8.60. The Balaban J connectivity index is 1.55. The number of hydrogen-bond donors (Lipinski definition) is 1. The summed E-state index contributed by atoms with van der Waals surface area (Å²) >= 11 is 0. The molecule has 1 aliphatic rings. The molecule has 1 unspecified atom stereocenters. The van der Waals surface area contributed by atoms with E-state index >= 15 is 0 Å². The maximum absolute atomic E-state index is 12.7. The first-order valence-corrected chi connectivity index (χ1v) is 9.18. The van der Waals surface area contributed by atoms with Crippen LogP contribution in [0.25, 0.3) is 0 Å². The molecule has 1 aromatic heterocycles. The fraction of sp³-hybridized carbons (Fsp3) is 0.450. The highest BCUT2D eigenvalue weighted by molar-refractivity contribution is 5.92. The number of benzene rings is 1. The fourth-order valence-electron chi connectivity index (χ4n) is 3.35. The van der Waals surface area contributed by atoms with Gasteiger partial charge in [0, 0.05) is 19.1 Å². The summed E-state index contributed by atoms with van der Waals surface area (Å²) in [6.07, 6.45) is 8.55. The fourth-order valence-corrected chi connectivity index (χ4v) is 3.35. The van der Waals surface area contributed by atoms with Gasteiger partial charge in [-0.2, -0.15) is 0 Å². The third-order valence-corrected chi connectivity index (χ3v) is 4.79. The van der Waals surface area contributed by atoms with E-state index in [0.717, 1.165) is 38.8 Å². The molecule has 132 valence electrons. The minimum Gasteiger partial charge on any atom is -0.368 e. The van der Waals surface area contributed by atoms with Crippen LogP contribution in [0.4, 0.5) is 5.82 Å². The van der Waals surface area contributed by atoms with Crippen LogP contribution in [0.5, 0.6) is 0 Å². The topological polar surface area (TPSA) is 58.1 Å². The molecule has 0 radical (unpaired) electrons. The average molecular weight is 338 g/mol. The third kappa shape index (κ3) is 4.56. The number of nitrogens with zero attached hydrogens (tertiary/aromatic N) is 3. The van der Waals surface area contributed by atoms with Crippen molar-refractivity contribution >= 4 is 11.7 Å². The lowest BCUT2D eigenvalue weighted by Gasteiger charge is -2.34. The van der Waals surface area contributed by atoms with Gasteiger partial charge in [0.05, 0.1) is 12.4 Å². The Bertz CT molecular complexity index is 672. The van der Waals surface area contributed by atoms with E-state index in [1.807, 2.05) is 23.1 Å². The Hall–Kier alpha value is -2.43. The van der Waals surface area contributed by atoms with E-state index in [2.05, 4.69) is 34.3 Å². The minimum atomic E-state index is 0.00915. The van der Waals surface area contributed by atoms with Gasteiger partial charge in [-0.1, -0.05) is 37.3 Å². The molecule has 2 aromatic rings. The Labute approximate surface area is 149 Å². The van der Waals surface area contributed by atoms with Crippen LogP contribution in [0.1, 0.15) is 48.7 Å². The van der Waals surface area contributed by atoms with Gasteiger partial charge in [0.25, 0.3) is 5.91 Å². The van der Waals surface area contributed by atoms with Crippen molar-refractivity contribution in [3.8, 4) is 0 Å². The van der Waals surface area contributed by atoms with E-state index in [1.165, 1.54) is 12.0 Å². The van der Waals surface area contributed by atoms with Crippen LogP contribution in [-0.4, -0.2) is 39.9 Å². The van der Waals surface area contributed by atoms with E-state index in [9.17, 15) is 4.79 Å². The van der Waals surface area contributed by atoms with Crippen LogP contribution < -0.4 is 5.32 Å². The van der Waals surface area contributed by atoms with Crippen molar-refractivity contribution in [1.82, 2.24) is 14.9 Å². The van der Waals surface area contributed by atoms with Crippen molar-refractivity contribution in [2.45, 2.75) is 45.1 Å². The second-order valence-electron chi connectivity index (χ2n) is 6.51. The zero-order valence-electron chi connectivity index (χ0n) is 14.8. The van der Waals surface area contributed by atoms with E-state index in [1.54, 1.807) is 12.4 Å². The van der Waals surface area contributed by atoms with Crippen molar-refractivity contribution in [1.29, 1.82) is 0 Å². The van der Waals surface area contributed by atoms with Gasteiger partial charge in [-0.15, -0.1) is 0 Å². The standard InChI is InChI=1S/C20H26N4O/c1-2-17-10-6-7-13-24(17)20(25)18-14-23-19(15-22-18)21-12-11-16-8-4-3-5-9-16/h3-5,8-9,14-15,17H,2,6-7,10-13H2,1H3,(H,21,23). The minimum absolute atomic E-state index is 0.00915. The van der Waals surface area contributed by atoms with Crippen LogP contribution in [-0.2, 0) is 6.42 Å². The van der Waals surface area contributed by atoms with Gasteiger partial charge in [-0.25, -0.2) is 9.97 Å². The number of likely N-dealkylation sites (tertiary alicyclic amines) is 1. The molecule has 0 bridgehead atoms. The second-order valence-corrected chi connectivity index (χ2v) is 6.51. The molecule has 5 heteroatoms. The number of nitrogens with one attached hydrogen (secondary N) is 1. The average Bonchev–Trinajstić information content (AvgIpc) is 2.69. The number of anilines is 1. The lowest BCUT2D eigenvalue weighted by molar-refractivity contribution is 0.0601. The molecule has 1 N–H and O–H groups in total. The molecule has 1 saturated heterocycles. The number of amides is 1. The monoisotopic (exact) mass is 338 g/mol. The van der Waals surface area contributed by atoms with Gasteiger partial charge >= 0.3 is 0 Å². The molecule has 1 fully saturated rings. The summed E-state index contributed by atoms with van der Waals surface area (Å²) in [5, 5.41) is 3.26. The summed E-state index contributed by atoms with van der Waals surface area (Å²) in [6.45, 7) is 3.76. The van der Waals surface area contributed by atoms with Crippen LogP contribution in [0.3, 0.4) is 0 Å². The Morgan fingerprint density at radius 1 is 1.20 bits per heavy atom. The Morgan fingerprint density at radius 2 is 2.04 bits per heavy atom. The summed E-state index contributed by atoms with van der Waals surface area (Å²) in [5.41, 5.74) is 1.72. The van der Waals surface area contributed by atoms with Gasteiger partial charge in [-0.05, 0) is 37.7 Å². The smallest absolute Gasteiger partial charge is 0.274 e. The third-order valence-electron chi connectivity index (χ3n) is 4.79. The summed E-state index contributed by atoms with van der Waals surface area (Å²) < 4.78 is 0. The van der Waals surface area contributed by atoms with E-state index in [4.69, 9.17) is 0 Å². The summed E-state index contributed by atoms with van der Waals surface area (Å²) in [7, 11) is 0. The SMILES string of the molecule is CCC1CCCCN1C(=O)c1cnc(NCCc2ccccc2)cn1. The number of aromatic nitrogens is 2. The summed E-state index contributed by atoms with van der Waals surface area (Å²) in [4.78, 5) is 23.3. The maximum Gasteiger partial charge on any atom is 0.274 e. The molecular weight excluding hydrogens is 312 g/mol. The quantitative estimate of drug-likeness (QED) is 0.875. The van der Waals surface area contributed by atoms with E-state index in [-0.39, 0.29) is 5.91 Å². The van der Waals surface area contributed by atoms with Crippen LogP contribution in [0, 0.1) is 0 Å². The van der Waals surface area contributed by atoms with Crippen LogP contribution >= 0.6 is 0 Å². The maximum atomic E-state index is 12.7. The number of carbonyl (C=O) groups excluding carboxylic acids is 1. The van der Waals surface area contributed by atoms with Crippen molar-refractivity contribution in [2.75, 3.05) is 18.4 Å². The molecule has 0 saturated carbocycles. The molecule has 0 aliphatic carbocycles. The summed E-state index contributed by atoms with van der Waals surface area (Å²) in [5.74, 6) is 0.716. The first-order valence-electron chi connectivity index (χ1n) is 9.18. The number of rotatable bonds is 6. The normalized spacial score (nSPS) is 17.3. The molecule has 2 heterocycles.